The summed E-state index contributed by atoms with van der Waals surface area (Å²) in [6.45, 7) is 3.12. The molecule has 2 saturated carbocycles. The number of aliphatic hydroxyl groups excluding tert-OH is 3. The van der Waals surface area contributed by atoms with Crippen LogP contribution in [0.25, 0.3) is 16.9 Å². The van der Waals surface area contributed by atoms with Crippen molar-refractivity contribution in [2.45, 2.75) is 61.8 Å². The average molecular weight is 625 g/mol. The highest BCUT2D eigenvalue weighted by Crippen LogP contribution is 2.57. The van der Waals surface area contributed by atoms with Gasteiger partial charge in [-0.25, -0.2) is 9.59 Å². The van der Waals surface area contributed by atoms with Crippen LogP contribution in [-0.2, 0) is 23.9 Å². The number of carbonyl (C=O) groups excluding carboxylic acids is 4. The lowest BCUT2D eigenvalue weighted by Crippen LogP contribution is -2.76. The molecule has 0 amide bonds. The second-order valence-electron chi connectivity index (χ2n) is 12.3. The van der Waals surface area contributed by atoms with Crippen LogP contribution in [0.15, 0.2) is 29.8 Å². The fraction of sp³-hybridized carbons (Fsp3) is 0.419. The zero-order chi connectivity index (χ0) is 32.5. The number of rotatable bonds is 2. The quantitative estimate of drug-likeness (QED) is 0.253. The highest BCUT2D eigenvalue weighted by atomic mass is 16.6. The summed E-state index contributed by atoms with van der Waals surface area (Å²) in [4.78, 5) is 52.9. The number of aromatic hydroxyl groups is 2. The molecule has 14 heteroatoms. The van der Waals surface area contributed by atoms with Crippen molar-refractivity contribution in [3.63, 3.8) is 0 Å². The van der Waals surface area contributed by atoms with Crippen LogP contribution in [-0.4, -0.2) is 96.4 Å². The van der Waals surface area contributed by atoms with Crippen molar-refractivity contribution in [3.05, 3.63) is 41.0 Å². The third kappa shape index (κ3) is 3.23. The second kappa shape index (κ2) is 8.96. The molecule has 2 bridgehead atoms. The first kappa shape index (κ1) is 29.1. The molecule has 3 fully saturated rings. The topological polar surface area (TPSA) is 227 Å². The minimum absolute atomic E-state index is 0.0161. The van der Waals surface area contributed by atoms with Crippen molar-refractivity contribution < 1.29 is 68.8 Å². The van der Waals surface area contributed by atoms with E-state index >= 15 is 0 Å². The minimum Gasteiger partial charge on any atom is -0.507 e. The van der Waals surface area contributed by atoms with Gasteiger partial charge in [-0.1, -0.05) is 13.8 Å². The summed E-state index contributed by atoms with van der Waals surface area (Å²) in [6, 6.07) is 4.20. The van der Waals surface area contributed by atoms with E-state index < -0.39 is 93.3 Å². The first-order chi connectivity index (χ1) is 21.1. The Labute approximate surface area is 254 Å². The third-order valence-electron chi connectivity index (χ3n) is 9.84. The Morgan fingerprint density at radius 2 is 1.47 bits per heavy atom. The number of aliphatic hydroxyl groups is 4. The lowest BCUT2D eigenvalue weighted by atomic mass is 9.62. The molecule has 2 aromatic carbocycles. The number of fused-ring (bicyclic) bond motifs is 3. The Kier molecular flexibility index (Phi) is 5.79. The maximum absolute atomic E-state index is 13.7. The minimum atomic E-state index is -2.57. The van der Waals surface area contributed by atoms with E-state index in [4.69, 9.17) is 18.9 Å². The van der Waals surface area contributed by atoms with E-state index in [9.17, 15) is 49.8 Å². The Morgan fingerprint density at radius 3 is 2.09 bits per heavy atom. The molecule has 0 unspecified atom stereocenters. The lowest BCUT2D eigenvalue weighted by molar-refractivity contribution is -0.192. The molecule has 0 radical (unpaired) electrons. The summed E-state index contributed by atoms with van der Waals surface area (Å²) in [6.07, 6.45) is -4.79. The van der Waals surface area contributed by atoms with Gasteiger partial charge in [-0.2, -0.15) is 0 Å². The molecule has 14 nitrogen and oxygen atoms in total. The number of carbonyl (C=O) groups is 4. The van der Waals surface area contributed by atoms with Crippen LogP contribution >= 0.6 is 0 Å². The van der Waals surface area contributed by atoms with Crippen LogP contribution in [0.5, 0.6) is 23.0 Å². The predicted octanol–water partition coefficient (Wildman–Crippen LogP) is 0.679. The molecule has 3 aliphatic heterocycles. The molecule has 0 aromatic heterocycles. The number of hydrogen-bond donors (Lipinski definition) is 6. The van der Waals surface area contributed by atoms with Crippen LogP contribution in [0.3, 0.4) is 0 Å². The standard InChI is InChI=1S/C31H28O14/c1-10-4-18(34)22-23(35)14-6-16(32)12(8-19(14)44-29(22,24(10)36)27(39)42-3)13-9-20-15(7-17(13)33)26(38)30(41)21-5-11(2)25(37)31(30,45-20)28(40)43-21/h6-11,21,24-25,32-33,35-37,41H,4-5H2,1-3H3/t10-,11-,21-,24-,25-,29+,30-,31+/m0/s1. The number of phenolic OH excluding ortho intramolecular Hbond substituents is 2. The maximum atomic E-state index is 13.7. The van der Waals surface area contributed by atoms with Gasteiger partial charge >= 0.3 is 11.9 Å². The van der Waals surface area contributed by atoms with Gasteiger partial charge in [0, 0.05) is 17.5 Å². The number of benzene rings is 2. The molecular formula is C31H28O14. The largest absolute Gasteiger partial charge is 0.507 e. The van der Waals surface area contributed by atoms with E-state index in [1.54, 1.807) is 6.92 Å². The van der Waals surface area contributed by atoms with Crippen molar-refractivity contribution >= 4 is 29.3 Å². The highest BCUT2D eigenvalue weighted by Gasteiger charge is 2.81. The fourth-order valence-corrected chi connectivity index (χ4v) is 7.51. The SMILES string of the molecule is COC(=O)[C@@]12Oc3cc(-c4cc5c(cc4O)C(=O)[C@@]4(O)[C@@H]6C[C@H](C)[C@H](O)[C@@]4(O5)C(=O)O6)c(O)cc3C(O)=C1C(=O)C[C@H](C)[C@@H]2O. The number of methoxy groups -OCH3 is 1. The van der Waals surface area contributed by atoms with Gasteiger partial charge in [-0.3, -0.25) is 9.59 Å². The Balaban J connectivity index is 1.39. The zero-order valence-corrected chi connectivity index (χ0v) is 24.1. The molecule has 2 aromatic rings. The smallest absolute Gasteiger partial charge is 0.358 e. The summed E-state index contributed by atoms with van der Waals surface area (Å²) in [5.41, 5.74) is -8.94. The number of ketones is 2. The number of esters is 2. The van der Waals surface area contributed by atoms with Crippen LogP contribution in [0.4, 0.5) is 0 Å². The molecule has 3 heterocycles. The molecule has 5 aliphatic rings. The summed E-state index contributed by atoms with van der Waals surface area (Å²) in [5.74, 6) is -7.85. The number of phenols is 2. The maximum Gasteiger partial charge on any atom is 0.358 e. The second-order valence-corrected chi connectivity index (χ2v) is 12.3. The van der Waals surface area contributed by atoms with Gasteiger partial charge in [0.2, 0.25) is 11.4 Å². The van der Waals surface area contributed by atoms with Crippen LogP contribution in [0, 0.1) is 11.8 Å². The molecule has 8 atom stereocenters. The van der Waals surface area contributed by atoms with E-state index in [-0.39, 0.29) is 46.6 Å². The summed E-state index contributed by atoms with van der Waals surface area (Å²) >= 11 is 0. The van der Waals surface area contributed by atoms with Gasteiger partial charge in [-0.15, -0.1) is 0 Å². The number of Topliss-reactive ketones (excluding diaryl/α,β-unsaturated/α-hetero) is 2. The van der Waals surface area contributed by atoms with E-state index in [0.717, 1.165) is 31.4 Å². The van der Waals surface area contributed by atoms with E-state index in [1.807, 2.05) is 0 Å². The van der Waals surface area contributed by atoms with Crippen molar-refractivity contribution in [3.8, 4) is 34.1 Å². The Morgan fingerprint density at radius 1 is 0.867 bits per heavy atom. The lowest BCUT2D eigenvalue weighted by Gasteiger charge is -2.49. The fourth-order valence-electron chi connectivity index (χ4n) is 7.51. The first-order valence-corrected chi connectivity index (χ1v) is 14.2. The summed E-state index contributed by atoms with van der Waals surface area (Å²) < 4.78 is 22.1. The Hall–Kier alpha value is -4.66. The van der Waals surface area contributed by atoms with E-state index in [1.165, 1.54) is 6.92 Å². The van der Waals surface area contributed by atoms with Gasteiger partial charge in [0.1, 0.15) is 47.1 Å². The van der Waals surface area contributed by atoms with Crippen molar-refractivity contribution in [1.29, 1.82) is 0 Å². The van der Waals surface area contributed by atoms with Gasteiger partial charge < -0.3 is 49.6 Å². The van der Waals surface area contributed by atoms with Gasteiger partial charge in [0.05, 0.1) is 23.8 Å². The third-order valence-corrected chi connectivity index (χ3v) is 9.84. The van der Waals surface area contributed by atoms with Gasteiger partial charge in [-0.05, 0) is 42.5 Å². The van der Waals surface area contributed by atoms with Crippen LogP contribution < -0.4 is 9.47 Å². The van der Waals surface area contributed by atoms with Crippen molar-refractivity contribution in [2.75, 3.05) is 7.11 Å². The van der Waals surface area contributed by atoms with Crippen LogP contribution in [0.1, 0.15) is 42.6 Å². The molecule has 2 aliphatic carbocycles. The molecular weight excluding hydrogens is 596 g/mol. The van der Waals surface area contributed by atoms with E-state index in [0.29, 0.717) is 0 Å². The zero-order valence-electron chi connectivity index (χ0n) is 24.1. The molecule has 0 spiro atoms. The molecule has 45 heavy (non-hydrogen) atoms. The monoisotopic (exact) mass is 624 g/mol. The normalized spacial score (nSPS) is 36.1. The summed E-state index contributed by atoms with van der Waals surface area (Å²) in [5, 5.41) is 67.0. The van der Waals surface area contributed by atoms with E-state index in [2.05, 4.69) is 0 Å². The molecule has 236 valence electrons. The molecule has 6 N–H and O–H groups in total. The summed E-state index contributed by atoms with van der Waals surface area (Å²) in [7, 11) is 1.02. The van der Waals surface area contributed by atoms with Crippen molar-refractivity contribution in [2.24, 2.45) is 11.8 Å². The number of hydrogen-bond acceptors (Lipinski definition) is 14. The first-order valence-electron chi connectivity index (χ1n) is 14.2. The highest BCUT2D eigenvalue weighted by molar-refractivity contribution is 6.14. The molecule has 1 saturated heterocycles. The average Bonchev–Trinajstić information content (AvgIpc) is 3.15. The van der Waals surface area contributed by atoms with Crippen molar-refractivity contribution in [1.82, 2.24) is 0 Å². The van der Waals surface area contributed by atoms with Gasteiger partial charge in [0.15, 0.2) is 5.78 Å². The Bertz CT molecular complexity index is 1790. The predicted molar refractivity (Wildman–Crippen MR) is 147 cm³/mol. The van der Waals surface area contributed by atoms with Gasteiger partial charge in [0.25, 0.3) is 11.2 Å². The van der Waals surface area contributed by atoms with Crippen LogP contribution in [0.2, 0.25) is 0 Å². The molecule has 7 rings (SSSR count). The number of ether oxygens (including phenoxy) is 4.